The van der Waals surface area contributed by atoms with Gasteiger partial charge in [-0.05, 0) is 35.9 Å². The molecule has 0 aliphatic heterocycles. The first-order valence-electron chi connectivity index (χ1n) is 6.12. The van der Waals surface area contributed by atoms with Gasteiger partial charge in [-0.25, -0.2) is 12.8 Å². The summed E-state index contributed by atoms with van der Waals surface area (Å²) in [6.07, 6.45) is 1.14. The molecule has 2 aromatic rings. The second-order valence-electron chi connectivity index (χ2n) is 4.58. The summed E-state index contributed by atoms with van der Waals surface area (Å²) < 4.78 is 36.2. The Bertz CT molecular complexity index is 811. The predicted octanol–water partition coefficient (Wildman–Crippen LogP) is 2.71. The maximum Gasteiger partial charge on any atom is 0.175 e. The van der Waals surface area contributed by atoms with E-state index in [-0.39, 0.29) is 10.5 Å². The van der Waals surface area contributed by atoms with Crippen molar-refractivity contribution in [3.05, 3.63) is 59.4 Å². The molecule has 0 bridgehead atoms. The summed E-state index contributed by atoms with van der Waals surface area (Å²) in [5, 5.41) is 11.8. The first-order valence-corrected chi connectivity index (χ1v) is 8.02. The Hall–Kier alpha value is -2.39. The van der Waals surface area contributed by atoms with Crippen LogP contribution in [0.5, 0.6) is 0 Å². The van der Waals surface area contributed by atoms with E-state index in [2.05, 4.69) is 5.32 Å². The molecule has 0 amide bonds. The molecule has 4 nitrogen and oxygen atoms in total. The Balaban J connectivity index is 2.16. The average molecular weight is 304 g/mol. The van der Waals surface area contributed by atoms with Crippen LogP contribution >= 0.6 is 0 Å². The van der Waals surface area contributed by atoms with E-state index in [4.69, 9.17) is 5.26 Å². The molecule has 0 saturated heterocycles. The van der Waals surface area contributed by atoms with Crippen LogP contribution in [0.15, 0.2) is 47.4 Å². The van der Waals surface area contributed by atoms with Crippen molar-refractivity contribution >= 4 is 15.5 Å². The zero-order valence-corrected chi connectivity index (χ0v) is 12.1. The second-order valence-corrected chi connectivity index (χ2v) is 6.60. The molecule has 0 radical (unpaired) electrons. The van der Waals surface area contributed by atoms with Crippen molar-refractivity contribution in [1.82, 2.24) is 0 Å². The van der Waals surface area contributed by atoms with Crippen LogP contribution in [0.4, 0.5) is 10.1 Å². The minimum Gasteiger partial charge on any atom is -0.381 e. The smallest absolute Gasteiger partial charge is 0.175 e. The zero-order valence-electron chi connectivity index (χ0n) is 11.3. The highest BCUT2D eigenvalue weighted by atomic mass is 32.2. The van der Waals surface area contributed by atoms with Crippen molar-refractivity contribution in [2.75, 3.05) is 11.6 Å². The van der Waals surface area contributed by atoms with Crippen molar-refractivity contribution < 1.29 is 12.8 Å². The molecule has 0 aliphatic rings. The second kappa shape index (κ2) is 5.94. The first kappa shape index (κ1) is 15.0. The summed E-state index contributed by atoms with van der Waals surface area (Å²) in [4.78, 5) is 0.226. The summed E-state index contributed by atoms with van der Waals surface area (Å²) in [5.41, 5.74) is 1.36. The third-order valence-corrected chi connectivity index (χ3v) is 4.02. The van der Waals surface area contributed by atoms with Gasteiger partial charge in [0.25, 0.3) is 0 Å². The van der Waals surface area contributed by atoms with Crippen LogP contribution in [-0.4, -0.2) is 14.7 Å². The average Bonchev–Trinajstić information content (AvgIpc) is 2.46. The number of anilines is 1. The molecule has 0 saturated carbocycles. The Morgan fingerprint density at radius 1 is 1.24 bits per heavy atom. The number of sulfone groups is 1. The monoisotopic (exact) mass is 304 g/mol. The number of hydrogen-bond donors (Lipinski definition) is 1. The number of rotatable bonds is 4. The van der Waals surface area contributed by atoms with Crippen LogP contribution in [0.3, 0.4) is 0 Å². The SMILES string of the molecule is CS(=O)(=O)c1cccc(NCc2ccc(F)c(C#N)c2)c1. The fourth-order valence-corrected chi connectivity index (χ4v) is 2.48. The van der Waals surface area contributed by atoms with E-state index in [9.17, 15) is 12.8 Å². The molecule has 1 N–H and O–H groups in total. The molecule has 0 heterocycles. The Morgan fingerprint density at radius 3 is 2.67 bits per heavy atom. The molecule has 0 unspecified atom stereocenters. The van der Waals surface area contributed by atoms with Gasteiger partial charge in [0, 0.05) is 18.5 Å². The van der Waals surface area contributed by atoms with Crippen molar-refractivity contribution in [2.24, 2.45) is 0 Å². The molecule has 0 fully saturated rings. The van der Waals surface area contributed by atoms with Crippen molar-refractivity contribution in [1.29, 1.82) is 5.26 Å². The van der Waals surface area contributed by atoms with Gasteiger partial charge in [0.05, 0.1) is 10.5 Å². The van der Waals surface area contributed by atoms with Gasteiger partial charge in [0.15, 0.2) is 9.84 Å². The molecule has 0 spiro atoms. The molecule has 6 heteroatoms. The van der Waals surface area contributed by atoms with E-state index >= 15 is 0 Å². The van der Waals surface area contributed by atoms with Gasteiger partial charge in [-0.2, -0.15) is 5.26 Å². The van der Waals surface area contributed by atoms with Gasteiger partial charge in [-0.1, -0.05) is 12.1 Å². The standard InChI is InChI=1S/C15H13FN2O2S/c1-21(19,20)14-4-2-3-13(8-14)18-10-11-5-6-15(16)12(7-11)9-17/h2-8,18H,10H2,1H3. The minimum absolute atomic E-state index is 0.0146. The maximum atomic E-state index is 13.2. The third kappa shape index (κ3) is 3.80. The van der Waals surface area contributed by atoms with Crippen molar-refractivity contribution in [2.45, 2.75) is 11.4 Å². The van der Waals surface area contributed by atoms with Gasteiger partial charge in [0.1, 0.15) is 11.9 Å². The third-order valence-electron chi connectivity index (χ3n) is 2.91. The van der Waals surface area contributed by atoms with Gasteiger partial charge in [-0.3, -0.25) is 0 Å². The highest BCUT2D eigenvalue weighted by Crippen LogP contribution is 2.17. The summed E-state index contributed by atoms with van der Waals surface area (Å²) in [6, 6.07) is 12.5. The molecule has 0 aliphatic carbocycles. The fraction of sp³-hybridized carbons (Fsp3) is 0.133. The van der Waals surface area contributed by atoms with E-state index in [1.165, 1.54) is 24.3 Å². The molecule has 0 atom stereocenters. The zero-order chi connectivity index (χ0) is 15.5. The quantitative estimate of drug-likeness (QED) is 0.943. The Kier molecular flexibility index (Phi) is 4.24. The van der Waals surface area contributed by atoms with Crippen LogP contribution in [0.1, 0.15) is 11.1 Å². The van der Waals surface area contributed by atoms with Gasteiger partial charge in [-0.15, -0.1) is 0 Å². The largest absolute Gasteiger partial charge is 0.381 e. The summed E-state index contributed by atoms with van der Waals surface area (Å²) in [5.74, 6) is -0.555. The lowest BCUT2D eigenvalue weighted by molar-refractivity contribution is 0.602. The van der Waals surface area contributed by atoms with E-state index < -0.39 is 15.7 Å². The predicted molar refractivity (Wildman–Crippen MR) is 78.0 cm³/mol. The molecule has 21 heavy (non-hydrogen) atoms. The lowest BCUT2D eigenvalue weighted by Gasteiger charge is -2.08. The molecular formula is C15H13FN2O2S. The molecule has 108 valence electrons. The summed E-state index contributed by atoms with van der Waals surface area (Å²) >= 11 is 0. The molecule has 0 aromatic heterocycles. The maximum absolute atomic E-state index is 13.2. The topological polar surface area (TPSA) is 70.0 Å². The molecule has 2 aromatic carbocycles. The van der Waals surface area contributed by atoms with Crippen LogP contribution in [0.25, 0.3) is 0 Å². The number of hydrogen-bond acceptors (Lipinski definition) is 4. The van der Waals surface area contributed by atoms with Gasteiger partial charge < -0.3 is 5.32 Å². The van der Waals surface area contributed by atoms with Crippen molar-refractivity contribution in [3.63, 3.8) is 0 Å². The Morgan fingerprint density at radius 2 is 2.00 bits per heavy atom. The lowest BCUT2D eigenvalue weighted by atomic mass is 10.1. The van der Waals surface area contributed by atoms with Gasteiger partial charge >= 0.3 is 0 Å². The normalized spacial score (nSPS) is 10.9. The van der Waals surface area contributed by atoms with E-state index in [1.54, 1.807) is 24.3 Å². The van der Waals surface area contributed by atoms with Crippen molar-refractivity contribution in [3.8, 4) is 6.07 Å². The molecular weight excluding hydrogens is 291 g/mol. The number of nitrogens with zero attached hydrogens (tertiary/aromatic N) is 1. The minimum atomic E-state index is -3.26. The first-order chi connectivity index (χ1) is 9.90. The number of benzene rings is 2. The van der Waals surface area contributed by atoms with E-state index in [0.29, 0.717) is 12.2 Å². The highest BCUT2D eigenvalue weighted by Gasteiger charge is 2.07. The Labute approximate surface area is 122 Å². The van der Waals surface area contributed by atoms with Crippen LogP contribution in [0.2, 0.25) is 0 Å². The number of halogens is 1. The number of nitriles is 1. The fourth-order valence-electron chi connectivity index (χ4n) is 1.81. The molecule has 2 rings (SSSR count). The lowest BCUT2D eigenvalue weighted by Crippen LogP contribution is -2.02. The van der Waals surface area contributed by atoms with Crippen LogP contribution < -0.4 is 5.32 Å². The summed E-state index contributed by atoms with van der Waals surface area (Å²) in [7, 11) is -3.26. The number of nitrogens with one attached hydrogen (secondary N) is 1. The highest BCUT2D eigenvalue weighted by molar-refractivity contribution is 7.90. The van der Waals surface area contributed by atoms with E-state index in [0.717, 1.165) is 11.8 Å². The summed E-state index contributed by atoms with van der Waals surface area (Å²) in [6.45, 7) is 0.363. The van der Waals surface area contributed by atoms with E-state index in [1.807, 2.05) is 0 Å². The van der Waals surface area contributed by atoms with Crippen LogP contribution in [-0.2, 0) is 16.4 Å². The van der Waals surface area contributed by atoms with Crippen LogP contribution in [0, 0.1) is 17.1 Å². The van der Waals surface area contributed by atoms with Gasteiger partial charge in [0.2, 0.25) is 0 Å².